The predicted molar refractivity (Wildman–Crippen MR) is 154 cm³/mol. The van der Waals surface area contributed by atoms with E-state index >= 15 is 0 Å². The monoisotopic (exact) mass is 469 g/mol. The Kier molecular flexibility index (Phi) is 6.89. The Hall–Kier alpha value is -3.93. The van der Waals surface area contributed by atoms with Crippen LogP contribution in [0.1, 0.15) is 18.1 Å². The first-order valence-electron chi connectivity index (χ1n) is 11.9. The SMILES string of the molecule is C/C(=C/c1ccccc1N=P(c1ccccc1)(c1ccccc1)c1ccccc1)c1ccccc1. The van der Waals surface area contributed by atoms with Crippen LogP contribution in [0.4, 0.5) is 5.69 Å². The molecule has 0 spiro atoms. The van der Waals surface area contributed by atoms with Gasteiger partial charge in [0.25, 0.3) is 0 Å². The maximum absolute atomic E-state index is 5.71. The van der Waals surface area contributed by atoms with Crippen LogP contribution in [0, 0.1) is 0 Å². The summed E-state index contributed by atoms with van der Waals surface area (Å²) in [6, 6.07) is 51.3. The van der Waals surface area contributed by atoms with Crippen LogP contribution < -0.4 is 15.9 Å². The van der Waals surface area contributed by atoms with E-state index in [4.69, 9.17) is 4.74 Å². The Balaban J connectivity index is 1.82. The van der Waals surface area contributed by atoms with Crippen LogP contribution in [0.3, 0.4) is 0 Å². The van der Waals surface area contributed by atoms with Crippen LogP contribution in [-0.2, 0) is 0 Å². The van der Waals surface area contributed by atoms with Gasteiger partial charge in [-0.2, -0.15) is 0 Å². The summed E-state index contributed by atoms with van der Waals surface area (Å²) in [6.07, 6.45) is 2.25. The highest BCUT2D eigenvalue weighted by Crippen LogP contribution is 2.49. The fourth-order valence-electron chi connectivity index (χ4n) is 4.43. The molecule has 0 atom stereocenters. The minimum atomic E-state index is -2.32. The van der Waals surface area contributed by atoms with Gasteiger partial charge in [-0.1, -0.05) is 140 Å². The molecule has 0 radical (unpaired) electrons. The van der Waals surface area contributed by atoms with Crippen molar-refractivity contribution in [2.24, 2.45) is 4.74 Å². The second-order valence-electron chi connectivity index (χ2n) is 8.49. The third-order valence-corrected chi connectivity index (χ3v) is 9.84. The zero-order chi connectivity index (χ0) is 23.9. The van der Waals surface area contributed by atoms with Crippen LogP contribution in [0.15, 0.2) is 150 Å². The van der Waals surface area contributed by atoms with Gasteiger partial charge in [0.05, 0.1) is 12.7 Å². The lowest BCUT2D eigenvalue weighted by atomic mass is 10.0. The van der Waals surface area contributed by atoms with Gasteiger partial charge < -0.3 is 0 Å². The molecule has 1 nitrogen and oxygen atoms in total. The highest BCUT2D eigenvalue weighted by atomic mass is 31.2. The van der Waals surface area contributed by atoms with Crippen LogP contribution in [0.25, 0.3) is 11.6 Å². The maximum atomic E-state index is 5.71. The number of hydrogen-bond donors (Lipinski definition) is 0. The second-order valence-corrected chi connectivity index (χ2v) is 11.5. The van der Waals surface area contributed by atoms with E-state index in [9.17, 15) is 0 Å². The number of benzene rings is 5. The van der Waals surface area contributed by atoms with Crippen LogP contribution in [0.5, 0.6) is 0 Å². The van der Waals surface area contributed by atoms with Gasteiger partial charge in [0, 0.05) is 21.5 Å². The molecule has 0 unspecified atom stereocenters. The molecule has 35 heavy (non-hydrogen) atoms. The summed E-state index contributed by atoms with van der Waals surface area (Å²) >= 11 is 0. The number of allylic oxidation sites excluding steroid dienone is 1. The first kappa shape index (κ1) is 22.8. The molecule has 2 heteroatoms. The third kappa shape index (κ3) is 4.83. The predicted octanol–water partition coefficient (Wildman–Crippen LogP) is 8.06. The maximum Gasteiger partial charge on any atom is 0.0697 e. The van der Waals surface area contributed by atoms with Crippen molar-refractivity contribution >= 4 is 40.3 Å². The van der Waals surface area contributed by atoms with E-state index in [1.807, 2.05) is 0 Å². The normalized spacial score (nSPS) is 11.7. The van der Waals surface area contributed by atoms with E-state index < -0.39 is 7.05 Å². The fraction of sp³-hybridized carbons (Fsp3) is 0.0303. The number of hydrogen-bond acceptors (Lipinski definition) is 1. The molecule has 0 aliphatic carbocycles. The largest absolute Gasteiger partial charge is 0.253 e. The van der Waals surface area contributed by atoms with Crippen molar-refractivity contribution in [1.29, 1.82) is 0 Å². The fourth-order valence-corrected chi connectivity index (χ4v) is 7.99. The first-order chi connectivity index (χ1) is 17.3. The third-order valence-electron chi connectivity index (χ3n) is 6.19. The Morgan fingerprint density at radius 1 is 0.514 bits per heavy atom. The average molecular weight is 470 g/mol. The van der Waals surface area contributed by atoms with Crippen molar-refractivity contribution in [1.82, 2.24) is 0 Å². The Morgan fingerprint density at radius 2 is 0.914 bits per heavy atom. The topological polar surface area (TPSA) is 12.4 Å². The quantitative estimate of drug-likeness (QED) is 0.176. The lowest BCUT2D eigenvalue weighted by Gasteiger charge is -2.27. The van der Waals surface area contributed by atoms with Gasteiger partial charge >= 0.3 is 0 Å². The Bertz CT molecular complexity index is 1370. The van der Waals surface area contributed by atoms with Crippen molar-refractivity contribution < 1.29 is 0 Å². The summed E-state index contributed by atoms with van der Waals surface area (Å²) in [7, 11) is -2.32. The summed E-state index contributed by atoms with van der Waals surface area (Å²) in [5.41, 5.74) is 4.57. The van der Waals surface area contributed by atoms with Gasteiger partial charge in [-0.3, -0.25) is 4.74 Å². The molecule has 0 saturated heterocycles. The highest BCUT2D eigenvalue weighted by Gasteiger charge is 2.27. The van der Waals surface area contributed by atoms with Gasteiger partial charge in [0.15, 0.2) is 0 Å². The smallest absolute Gasteiger partial charge is 0.0697 e. The van der Waals surface area contributed by atoms with E-state index in [2.05, 4.69) is 159 Å². The van der Waals surface area contributed by atoms with Crippen molar-refractivity contribution in [3.8, 4) is 0 Å². The zero-order valence-corrected chi connectivity index (χ0v) is 20.7. The molecule has 0 saturated carbocycles. The molecule has 0 aliphatic heterocycles. The van der Waals surface area contributed by atoms with Crippen molar-refractivity contribution in [3.05, 3.63) is 157 Å². The van der Waals surface area contributed by atoms with E-state index in [0.29, 0.717) is 0 Å². The van der Waals surface area contributed by atoms with E-state index in [1.54, 1.807) is 0 Å². The Labute approximate surface area is 208 Å². The van der Waals surface area contributed by atoms with E-state index in [0.717, 1.165) is 11.3 Å². The molecule has 0 aliphatic rings. The average Bonchev–Trinajstić information content (AvgIpc) is 2.94. The number of nitrogens with zero attached hydrogens (tertiary/aromatic N) is 1. The van der Waals surface area contributed by atoms with Crippen molar-refractivity contribution in [2.75, 3.05) is 0 Å². The molecule has 170 valence electrons. The van der Waals surface area contributed by atoms with Gasteiger partial charge in [0.1, 0.15) is 0 Å². The molecule has 0 fully saturated rings. The molecule has 0 N–H and O–H groups in total. The molecule has 5 aromatic carbocycles. The second kappa shape index (κ2) is 10.6. The van der Waals surface area contributed by atoms with Crippen LogP contribution >= 0.6 is 7.05 Å². The standard InChI is InChI=1S/C33H28NP/c1-27(28-16-6-2-7-17-28)26-29-18-14-15-25-33(29)34-35(30-19-8-3-9-20-30,31-21-10-4-11-22-31)32-23-12-5-13-24-32/h2-26H,1H3/b27-26-. The van der Waals surface area contributed by atoms with Crippen molar-refractivity contribution in [3.63, 3.8) is 0 Å². The Morgan fingerprint density at radius 3 is 1.40 bits per heavy atom. The summed E-state index contributed by atoms with van der Waals surface area (Å²) in [4.78, 5) is 0. The lowest BCUT2D eigenvalue weighted by molar-refractivity contribution is 1.51. The molecule has 5 rings (SSSR count). The molecule has 0 aromatic heterocycles. The summed E-state index contributed by atoms with van der Waals surface area (Å²) < 4.78 is 5.71. The highest BCUT2D eigenvalue weighted by molar-refractivity contribution is 7.87. The molecule has 0 bridgehead atoms. The van der Waals surface area contributed by atoms with E-state index in [-0.39, 0.29) is 0 Å². The molecule has 5 aromatic rings. The van der Waals surface area contributed by atoms with Gasteiger partial charge in [0.2, 0.25) is 0 Å². The minimum Gasteiger partial charge on any atom is -0.253 e. The lowest BCUT2D eigenvalue weighted by Crippen LogP contribution is -2.25. The van der Waals surface area contributed by atoms with Crippen LogP contribution in [0.2, 0.25) is 0 Å². The zero-order valence-electron chi connectivity index (χ0n) is 19.8. The summed E-state index contributed by atoms with van der Waals surface area (Å²) in [6.45, 7) is 2.17. The van der Waals surface area contributed by atoms with Gasteiger partial charge in [-0.05, 0) is 30.2 Å². The first-order valence-corrected chi connectivity index (χ1v) is 13.6. The molecular weight excluding hydrogens is 441 g/mol. The van der Waals surface area contributed by atoms with Crippen LogP contribution in [-0.4, -0.2) is 0 Å². The molecule has 0 heterocycles. The molecular formula is C33H28NP. The summed E-state index contributed by atoms with van der Waals surface area (Å²) in [5.74, 6) is 0. The van der Waals surface area contributed by atoms with E-state index in [1.165, 1.54) is 27.1 Å². The minimum absolute atomic E-state index is 1.01. The summed E-state index contributed by atoms with van der Waals surface area (Å²) in [5, 5.41) is 3.74. The van der Waals surface area contributed by atoms with Crippen molar-refractivity contribution in [2.45, 2.75) is 6.92 Å². The van der Waals surface area contributed by atoms with Gasteiger partial charge in [-0.15, -0.1) is 0 Å². The van der Waals surface area contributed by atoms with Gasteiger partial charge in [-0.25, -0.2) is 0 Å². The number of rotatable bonds is 6. The molecule has 0 amide bonds.